The number of aromatic nitrogens is 2. The molecule has 1 aromatic carbocycles. The van der Waals surface area contributed by atoms with Gasteiger partial charge in [0.15, 0.2) is 4.77 Å². The molecule has 0 aliphatic rings. The van der Waals surface area contributed by atoms with Crippen LogP contribution >= 0.6 is 23.8 Å². The largest absolute Gasteiger partial charge is 0.368 e. The lowest BCUT2D eigenvalue weighted by molar-refractivity contribution is -0.124. The van der Waals surface area contributed by atoms with Crippen LogP contribution in [-0.2, 0) is 10.3 Å². The Hall–Kier alpha value is -1.33. The predicted molar refractivity (Wildman–Crippen MR) is 70.6 cm³/mol. The van der Waals surface area contributed by atoms with Crippen LogP contribution in [0.5, 0.6) is 0 Å². The lowest BCUT2D eigenvalue weighted by atomic mass is 10.0. The summed E-state index contributed by atoms with van der Waals surface area (Å²) in [6.45, 7) is 3.46. The number of carbonyl (C=O) groups excluding carboxylic acids is 1. The number of hydrogen-bond donors (Lipinski definition) is 2. The van der Waals surface area contributed by atoms with Crippen LogP contribution in [0.2, 0.25) is 5.02 Å². The molecule has 1 amide bonds. The van der Waals surface area contributed by atoms with E-state index in [0.29, 0.717) is 9.79 Å². The van der Waals surface area contributed by atoms with Gasteiger partial charge in [-0.15, -0.1) is 0 Å². The number of carbonyl (C=O) groups is 1. The topological polar surface area (TPSA) is 63.8 Å². The number of hydrogen-bond acceptors (Lipinski definition) is 2. The van der Waals surface area contributed by atoms with Crippen LogP contribution in [0.3, 0.4) is 0 Å². The maximum atomic E-state index is 11.5. The summed E-state index contributed by atoms with van der Waals surface area (Å²) in [5, 5.41) is 0.609. The zero-order chi connectivity index (χ0) is 12.8. The minimum Gasteiger partial charge on any atom is -0.368 e. The first-order valence-electron chi connectivity index (χ1n) is 5.04. The van der Waals surface area contributed by atoms with E-state index in [2.05, 4.69) is 4.98 Å². The minimum absolute atomic E-state index is 0.440. The highest BCUT2D eigenvalue weighted by molar-refractivity contribution is 7.71. The van der Waals surface area contributed by atoms with Crippen molar-refractivity contribution in [3.05, 3.63) is 28.0 Å². The second-order valence-corrected chi connectivity index (χ2v) is 5.17. The fraction of sp³-hybridized carbons (Fsp3) is 0.273. The van der Waals surface area contributed by atoms with E-state index in [9.17, 15) is 4.79 Å². The Bertz CT molecular complexity index is 656. The van der Waals surface area contributed by atoms with Crippen molar-refractivity contribution >= 4 is 40.8 Å². The number of H-pyrrole nitrogens is 1. The van der Waals surface area contributed by atoms with E-state index >= 15 is 0 Å². The van der Waals surface area contributed by atoms with Crippen molar-refractivity contribution in [2.24, 2.45) is 5.73 Å². The average Bonchev–Trinajstić information content (AvgIpc) is 2.53. The number of nitrogens with one attached hydrogen (secondary N) is 1. The smallest absolute Gasteiger partial charge is 0.243 e. The molecule has 0 saturated heterocycles. The maximum Gasteiger partial charge on any atom is 0.243 e. The zero-order valence-corrected chi connectivity index (χ0v) is 11.0. The summed E-state index contributed by atoms with van der Waals surface area (Å²) in [5.74, 6) is -0.440. The van der Waals surface area contributed by atoms with Crippen molar-refractivity contribution in [2.45, 2.75) is 19.4 Å². The van der Waals surface area contributed by atoms with Crippen LogP contribution in [0.1, 0.15) is 13.8 Å². The van der Waals surface area contributed by atoms with Gasteiger partial charge in [0.2, 0.25) is 5.91 Å². The Morgan fingerprint density at radius 3 is 2.76 bits per heavy atom. The van der Waals surface area contributed by atoms with E-state index in [4.69, 9.17) is 29.6 Å². The Labute approximate surface area is 108 Å². The molecule has 2 rings (SSSR count). The van der Waals surface area contributed by atoms with Crippen molar-refractivity contribution in [3.63, 3.8) is 0 Å². The first-order chi connectivity index (χ1) is 7.84. The molecular formula is C11H12ClN3OS. The lowest BCUT2D eigenvalue weighted by Gasteiger charge is -2.23. The number of halogens is 1. The standard InChI is InChI=1S/C11H12ClN3OS/c1-11(2,9(13)16)15-8-4-3-6(12)5-7(8)14-10(15)17/h3-5H,1-2H3,(H2,13,16)(H,14,17). The molecule has 0 aliphatic carbocycles. The molecular weight excluding hydrogens is 258 g/mol. The number of aromatic amines is 1. The third-order valence-electron chi connectivity index (χ3n) is 2.81. The summed E-state index contributed by atoms with van der Waals surface area (Å²) in [6.07, 6.45) is 0. The van der Waals surface area contributed by atoms with Crippen molar-refractivity contribution < 1.29 is 4.79 Å². The molecule has 0 radical (unpaired) electrons. The normalized spacial score (nSPS) is 11.9. The highest BCUT2D eigenvalue weighted by atomic mass is 35.5. The van der Waals surface area contributed by atoms with Crippen LogP contribution < -0.4 is 5.73 Å². The Morgan fingerprint density at radius 2 is 2.18 bits per heavy atom. The number of amides is 1. The maximum absolute atomic E-state index is 11.5. The fourth-order valence-corrected chi connectivity index (χ4v) is 2.36. The molecule has 0 unspecified atom stereocenters. The molecule has 6 heteroatoms. The molecule has 1 heterocycles. The lowest BCUT2D eigenvalue weighted by Crippen LogP contribution is -2.41. The molecule has 0 bridgehead atoms. The Balaban J connectivity index is 2.83. The van der Waals surface area contributed by atoms with Gasteiger partial charge >= 0.3 is 0 Å². The SMILES string of the molecule is CC(C)(C(N)=O)n1c(=S)[nH]c2cc(Cl)ccc21. The number of imidazole rings is 1. The van der Waals surface area contributed by atoms with Gasteiger partial charge in [0.05, 0.1) is 11.0 Å². The number of benzene rings is 1. The third-order valence-corrected chi connectivity index (χ3v) is 3.33. The fourth-order valence-electron chi connectivity index (χ4n) is 1.75. The highest BCUT2D eigenvalue weighted by Gasteiger charge is 2.29. The van der Waals surface area contributed by atoms with Gasteiger partial charge in [-0.25, -0.2) is 0 Å². The van der Waals surface area contributed by atoms with Crippen LogP contribution in [-0.4, -0.2) is 15.5 Å². The molecule has 0 saturated carbocycles. The summed E-state index contributed by atoms with van der Waals surface area (Å²) in [7, 11) is 0. The summed E-state index contributed by atoms with van der Waals surface area (Å²) >= 11 is 11.1. The average molecular weight is 270 g/mol. The van der Waals surface area contributed by atoms with Crippen LogP contribution in [0.25, 0.3) is 11.0 Å². The summed E-state index contributed by atoms with van der Waals surface area (Å²) in [4.78, 5) is 14.5. The molecule has 17 heavy (non-hydrogen) atoms. The molecule has 0 atom stereocenters. The monoisotopic (exact) mass is 269 g/mol. The first-order valence-corrected chi connectivity index (χ1v) is 5.83. The predicted octanol–water partition coefficient (Wildman–Crippen LogP) is 2.57. The van der Waals surface area contributed by atoms with Gasteiger partial charge < -0.3 is 15.3 Å². The number of rotatable bonds is 2. The van der Waals surface area contributed by atoms with E-state index < -0.39 is 11.4 Å². The Morgan fingerprint density at radius 1 is 1.53 bits per heavy atom. The second-order valence-electron chi connectivity index (χ2n) is 4.35. The van der Waals surface area contributed by atoms with Gasteiger partial charge in [-0.1, -0.05) is 11.6 Å². The van der Waals surface area contributed by atoms with Gasteiger partial charge in [-0.05, 0) is 44.3 Å². The summed E-state index contributed by atoms with van der Waals surface area (Å²) < 4.78 is 2.15. The number of fused-ring (bicyclic) bond motifs is 1. The molecule has 0 aliphatic heterocycles. The number of nitrogens with zero attached hydrogens (tertiary/aromatic N) is 1. The van der Waals surface area contributed by atoms with Gasteiger partial charge in [0.25, 0.3) is 0 Å². The minimum atomic E-state index is -0.886. The van der Waals surface area contributed by atoms with E-state index in [1.165, 1.54) is 0 Å². The van der Waals surface area contributed by atoms with E-state index in [0.717, 1.165) is 11.0 Å². The molecule has 90 valence electrons. The van der Waals surface area contributed by atoms with E-state index in [-0.39, 0.29) is 0 Å². The van der Waals surface area contributed by atoms with Crippen LogP contribution in [0, 0.1) is 4.77 Å². The van der Waals surface area contributed by atoms with Crippen molar-refractivity contribution in [2.75, 3.05) is 0 Å². The van der Waals surface area contributed by atoms with E-state index in [1.807, 2.05) is 6.07 Å². The van der Waals surface area contributed by atoms with Crippen molar-refractivity contribution in [1.82, 2.24) is 9.55 Å². The number of primary amides is 1. The van der Waals surface area contributed by atoms with Crippen LogP contribution in [0.4, 0.5) is 0 Å². The third kappa shape index (κ3) is 1.85. The molecule has 0 fully saturated rings. The highest BCUT2D eigenvalue weighted by Crippen LogP contribution is 2.25. The summed E-state index contributed by atoms with van der Waals surface area (Å²) in [6, 6.07) is 5.33. The van der Waals surface area contributed by atoms with Crippen molar-refractivity contribution in [1.29, 1.82) is 0 Å². The number of nitrogens with two attached hydrogens (primary N) is 1. The van der Waals surface area contributed by atoms with E-state index in [1.54, 1.807) is 30.5 Å². The second kappa shape index (κ2) is 3.85. The zero-order valence-electron chi connectivity index (χ0n) is 9.45. The first kappa shape index (κ1) is 12.1. The quantitative estimate of drug-likeness (QED) is 0.823. The van der Waals surface area contributed by atoms with Gasteiger partial charge in [0.1, 0.15) is 5.54 Å². The van der Waals surface area contributed by atoms with Gasteiger partial charge in [-0.2, -0.15) is 0 Å². The Kier molecular flexibility index (Phi) is 2.75. The van der Waals surface area contributed by atoms with Crippen molar-refractivity contribution in [3.8, 4) is 0 Å². The molecule has 1 aromatic heterocycles. The van der Waals surface area contributed by atoms with Crippen LogP contribution in [0.15, 0.2) is 18.2 Å². The van der Waals surface area contributed by atoms with Gasteiger partial charge in [0, 0.05) is 5.02 Å². The molecule has 2 aromatic rings. The van der Waals surface area contributed by atoms with Gasteiger partial charge in [-0.3, -0.25) is 4.79 Å². The summed E-state index contributed by atoms with van der Waals surface area (Å²) in [5.41, 5.74) is 6.12. The molecule has 4 nitrogen and oxygen atoms in total. The molecule has 0 spiro atoms. The molecule has 3 N–H and O–H groups in total.